The molecule has 6 heteroatoms. The fourth-order valence-electron chi connectivity index (χ4n) is 3.09. The van der Waals surface area contributed by atoms with Crippen LogP contribution in [-0.2, 0) is 5.41 Å². The SMILES string of the molecule is CC1(c2nc(-c3ccc(N4CCC(N)CC4)cc3)no2)CC1F. The number of alkyl halides is 1. The second-order valence-corrected chi connectivity index (χ2v) is 6.88. The van der Waals surface area contributed by atoms with Crippen molar-refractivity contribution in [2.24, 2.45) is 5.73 Å². The van der Waals surface area contributed by atoms with Gasteiger partial charge in [0.2, 0.25) is 11.7 Å². The number of nitrogens with zero attached hydrogens (tertiary/aromatic N) is 3. The van der Waals surface area contributed by atoms with E-state index in [0.717, 1.165) is 31.5 Å². The molecule has 2 fully saturated rings. The molecule has 4 rings (SSSR count). The van der Waals surface area contributed by atoms with Crippen LogP contribution >= 0.6 is 0 Å². The summed E-state index contributed by atoms with van der Waals surface area (Å²) in [4.78, 5) is 6.71. The lowest BCUT2D eigenvalue weighted by molar-refractivity contribution is 0.324. The molecule has 2 aromatic rings. The maximum Gasteiger partial charge on any atom is 0.235 e. The van der Waals surface area contributed by atoms with Gasteiger partial charge in [0.05, 0.1) is 5.41 Å². The summed E-state index contributed by atoms with van der Waals surface area (Å²) in [6, 6.07) is 8.44. The fraction of sp³-hybridized carbons (Fsp3) is 0.529. The van der Waals surface area contributed by atoms with E-state index in [4.69, 9.17) is 10.3 Å². The molecule has 1 saturated heterocycles. The standard InChI is InChI=1S/C17H21FN4O/c1-17(10-14(17)18)16-20-15(21-23-16)11-2-4-13(5-3-11)22-8-6-12(19)7-9-22/h2-5,12,14H,6-10,19H2,1H3. The molecule has 0 spiro atoms. The average molecular weight is 316 g/mol. The molecule has 2 N–H and O–H groups in total. The zero-order valence-corrected chi connectivity index (χ0v) is 13.2. The van der Waals surface area contributed by atoms with Crippen LogP contribution in [0.3, 0.4) is 0 Å². The highest BCUT2D eigenvalue weighted by molar-refractivity contribution is 5.60. The van der Waals surface area contributed by atoms with E-state index in [1.165, 1.54) is 5.69 Å². The molecule has 2 aliphatic rings. The Morgan fingerprint density at radius 3 is 2.52 bits per heavy atom. The molecule has 2 heterocycles. The summed E-state index contributed by atoms with van der Waals surface area (Å²) >= 11 is 0. The van der Waals surface area contributed by atoms with E-state index in [1.807, 2.05) is 19.1 Å². The summed E-state index contributed by atoms with van der Waals surface area (Å²) in [6.45, 7) is 3.80. The summed E-state index contributed by atoms with van der Waals surface area (Å²) in [5.74, 6) is 0.918. The maximum absolute atomic E-state index is 13.4. The van der Waals surface area contributed by atoms with E-state index in [1.54, 1.807) is 0 Å². The largest absolute Gasteiger partial charge is 0.371 e. The van der Waals surface area contributed by atoms with Gasteiger partial charge < -0.3 is 15.2 Å². The minimum Gasteiger partial charge on any atom is -0.371 e. The molecule has 0 radical (unpaired) electrons. The molecule has 0 bridgehead atoms. The van der Waals surface area contributed by atoms with Crippen molar-refractivity contribution in [3.63, 3.8) is 0 Å². The molecule has 1 aliphatic carbocycles. The second-order valence-electron chi connectivity index (χ2n) is 6.88. The van der Waals surface area contributed by atoms with Gasteiger partial charge in [-0.05, 0) is 50.5 Å². The molecular formula is C17H21FN4O. The van der Waals surface area contributed by atoms with Crippen LogP contribution in [0.1, 0.15) is 32.1 Å². The van der Waals surface area contributed by atoms with E-state index in [9.17, 15) is 4.39 Å². The first kappa shape index (κ1) is 14.6. The number of anilines is 1. The smallest absolute Gasteiger partial charge is 0.235 e. The van der Waals surface area contributed by atoms with Crippen molar-refractivity contribution in [1.82, 2.24) is 10.1 Å². The lowest BCUT2D eigenvalue weighted by Crippen LogP contribution is -2.39. The van der Waals surface area contributed by atoms with Crippen LogP contribution in [0.2, 0.25) is 0 Å². The quantitative estimate of drug-likeness (QED) is 0.943. The Morgan fingerprint density at radius 2 is 1.91 bits per heavy atom. The average Bonchev–Trinajstić information content (AvgIpc) is 2.99. The molecule has 2 unspecified atom stereocenters. The summed E-state index contributed by atoms with van der Waals surface area (Å²) in [6.07, 6.45) is 1.64. The normalized spacial score (nSPS) is 28.1. The van der Waals surface area contributed by atoms with Gasteiger partial charge in [0, 0.05) is 30.4 Å². The number of halogens is 1. The monoisotopic (exact) mass is 316 g/mol. The molecule has 1 aliphatic heterocycles. The second kappa shape index (κ2) is 5.30. The van der Waals surface area contributed by atoms with Gasteiger partial charge >= 0.3 is 0 Å². The van der Waals surface area contributed by atoms with Gasteiger partial charge in [-0.3, -0.25) is 0 Å². The molecule has 5 nitrogen and oxygen atoms in total. The zero-order chi connectivity index (χ0) is 16.0. The first-order valence-corrected chi connectivity index (χ1v) is 8.15. The van der Waals surface area contributed by atoms with Gasteiger partial charge in [0.1, 0.15) is 6.17 Å². The van der Waals surface area contributed by atoms with E-state index in [0.29, 0.717) is 24.2 Å². The third-order valence-electron chi connectivity index (χ3n) is 5.08. The third kappa shape index (κ3) is 2.61. The summed E-state index contributed by atoms with van der Waals surface area (Å²) in [5.41, 5.74) is 7.43. The molecule has 1 saturated carbocycles. The lowest BCUT2D eigenvalue weighted by atomic mass is 10.0. The van der Waals surface area contributed by atoms with Gasteiger partial charge in [-0.1, -0.05) is 5.16 Å². The topological polar surface area (TPSA) is 68.2 Å². The highest BCUT2D eigenvalue weighted by Crippen LogP contribution is 2.49. The maximum atomic E-state index is 13.4. The Kier molecular flexibility index (Phi) is 3.37. The fourth-order valence-corrected chi connectivity index (χ4v) is 3.09. The predicted molar refractivity (Wildman–Crippen MR) is 86.0 cm³/mol. The van der Waals surface area contributed by atoms with Crippen LogP contribution in [0.15, 0.2) is 28.8 Å². The first-order valence-electron chi connectivity index (χ1n) is 8.15. The van der Waals surface area contributed by atoms with E-state index >= 15 is 0 Å². The van der Waals surface area contributed by atoms with E-state index in [-0.39, 0.29) is 0 Å². The first-order chi connectivity index (χ1) is 11.1. The molecule has 2 atom stereocenters. The number of hydrogen-bond donors (Lipinski definition) is 1. The molecule has 0 amide bonds. The predicted octanol–water partition coefficient (Wildman–Crippen LogP) is 2.66. The van der Waals surface area contributed by atoms with Crippen LogP contribution in [0, 0.1) is 0 Å². The van der Waals surface area contributed by atoms with Crippen LogP contribution in [0.4, 0.5) is 10.1 Å². The number of aromatic nitrogens is 2. The lowest BCUT2D eigenvalue weighted by Gasteiger charge is -2.32. The highest BCUT2D eigenvalue weighted by Gasteiger charge is 2.57. The van der Waals surface area contributed by atoms with Crippen molar-refractivity contribution < 1.29 is 8.91 Å². The third-order valence-corrected chi connectivity index (χ3v) is 5.08. The zero-order valence-electron chi connectivity index (χ0n) is 13.2. The summed E-state index contributed by atoms with van der Waals surface area (Å²) in [5, 5.41) is 4.00. The number of nitrogens with two attached hydrogens (primary N) is 1. The number of rotatable bonds is 3. The van der Waals surface area contributed by atoms with Crippen molar-refractivity contribution in [2.45, 2.75) is 43.8 Å². The van der Waals surface area contributed by atoms with Gasteiger partial charge in [-0.2, -0.15) is 4.98 Å². The molecule has 23 heavy (non-hydrogen) atoms. The van der Waals surface area contributed by atoms with E-state index in [2.05, 4.69) is 27.2 Å². The Labute approximate surface area is 134 Å². The Morgan fingerprint density at radius 1 is 1.26 bits per heavy atom. The van der Waals surface area contributed by atoms with Crippen molar-refractivity contribution >= 4 is 5.69 Å². The van der Waals surface area contributed by atoms with Crippen LogP contribution in [0.25, 0.3) is 11.4 Å². The van der Waals surface area contributed by atoms with Crippen molar-refractivity contribution in [1.29, 1.82) is 0 Å². The van der Waals surface area contributed by atoms with Crippen molar-refractivity contribution in [2.75, 3.05) is 18.0 Å². The Bertz CT molecular complexity index is 693. The van der Waals surface area contributed by atoms with Crippen molar-refractivity contribution in [3.8, 4) is 11.4 Å². The van der Waals surface area contributed by atoms with Gasteiger partial charge in [0.25, 0.3) is 0 Å². The number of benzene rings is 1. The van der Waals surface area contributed by atoms with Gasteiger partial charge in [0.15, 0.2) is 0 Å². The molecular weight excluding hydrogens is 295 g/mol. The van der Waals surface area contributed by atoms with Crippen LogP contribution in [0.5, 0.6) is 0 Å². The van der Waals surface area contributed by atoms with Gasteiger partial charge in [-0.15, -0.1) is 0 Å². The molecule has 122 valence electrons. The van der Waals surface area contributed by atoms with Crippen LogP contribution < -0.4 is 10.6 Å². The minimum atomic E-state index is -0.872. The minimum absolute atomic E-state index is 0.325. The number of piperidine rings is 1. The van der Waals surface area contributed by atoms with E-state index < -0.39 is 11.6 Å². The Hall–Kier alpha value is -1.95. The summed E-state index contributed by atoms with van der Waals surface area (Å²) < 4.78 is 18.7. The molecule has 1 aromatic heterocycles. The number of hydrogen-bond acceptors (Lipinski definition) is 5. The molecule has 1 aromatic carbocycles. The van der Waals surface area contributed by atoms with Crippen LogP contribution in [-0.4, -0.2) is 35.4 Å². The van der Waals surface area contributed by atoms with Gasteiger partial charge in [-0.25, -0.2) is 4.39 Å². The van der Waals surface area contributed by atoms with Crippen molar-refractivity contribution in [3.05, 3.63) is 30.2 Å². The Balaban J connectivity index is 1.50. The summed E-state index contributed by atoms with van der Waals surface area (Å²) in [7, 11) is 0. The highest BCUT2D eigenvalue weighted by atomic mass is 19.1.